The van der Waals surface area contributed by atoms with E-state index in [2.05, 4.69) is 15.8 Å². The largest absolute Gasteiger partial charge is 0.382 e. The van der Waals surface area contributed by atoms with E-state index in [4.69, 9.17) is 4.84 Å². The summed E-state index contributed by atoms with van der Waals surface area (Å²) in [5, 5.41) is 9.17. The number of nitrogens with one attached hydrogen (secondary N) is 2. The third kappa shape index (κ3) is 4.69. The van der Waals surface area contributed by atoms with Crippen molar-refractivity contribution in [2.24, 2.45) is 5.16 Å². The standard InChI is InChI=1S/C20H20FN3O3/c1-22-19(25)17(10-13-6-3-2-4-7-13)23-20(26)18-12-16(24-27-18)14-8-5-9-15(21)11-14/h2-9,11,17-18H,10,12H2,1H3,(H,22,25)(H,23,26). The Morgan fingerprint density at radius 2 is 2.00 bits per heavy atom. The quantitative estimate of drug-likeness (QED) is 0.815. The van der Waals surface area contributed by atoms with Crippen molar-refractivity contribution in [3.8, 4) is 0 Å². The van der Waals surface area contributed by atoms with Crippen molar-refractivity contribution < 1.29 is 18.8 Å². The van der Waals surface area contributed by atoms with E-state index in [9.17, 15) is 14.0 Å². The predicted octanol–water partition coefficient (Wildman–Crippen LogP) is 1.79. The first-order valence-corrected chi connectivity index (χ1v) is 8.61. The van der Waals surface area contributed by atoms with Crippen LogP contribution in [0.15, 0.2) is 59.8 Å². The molecule has 140 valence electrons. The average molecular weight is 369 g/mol. The molecule has 1 aliphatic heterocycles. The van der Waals surface area contributed by atoms with Gasteiger partial charge < -0.3 is 15.5 Å². The number of hydrogen-bond donors (Lipinski definition) is 2. The molecule has 27 heavy (non-hydrogen) atoms. The zero-order valence-corrected chi connectivity index (χ0v) is 14.8. The lowest BCUT2D eigenvalue weighted by atomic mass is 10.0. The summed E-state index contributed by atoms with van der Waals surface area (Å²) in [6.07, 6.45) is -0.288. The molecule has 7 heteroatoms. The van der Waals surface area contributed by atoms with Gasteiger partial charge in [0, 0.05) is 25.5 Å². The number of halogens is 1. The topological polar surface area (TPSA) is 79.8 Å². The molecule has 0 radical (unpaired) electrons. The normalized spacial score (nSPS) is 16.8. The molecule has 3 rings (SSSR count). The van der Waals surface area contributed by atoms with E-state index >= 15 is 0 Å². The molecule has 1 aliphatic rings. The molecule has 2 N–H and O–H groups in total. The highest BCUT2D eigenvalue weighted by Gasteiger charge is 2.31. The minimum atomic E-state index is -0.855. The number of nitrogens with zero attached hydrogens (tertiary/aromatic N) is 1. The first-order chi connectivity index (χ1) is 13.1. The molecule has 2 aromatic rings. The second-order valence-corrected chi connectivity index (χ2v) is 6.21. The Hall–Kier alpha value is -3.22. The second kappa shape index (κ2) is 8.44. The van der Waals surface area contributed by atoms with E-state index in [1.54, 1.807) is 12.1 Å². The zero-order chi connectivity index (χ0) is 19.2. The van der Waals surface area contributed by atoms with Gasteiger partial charge in [-0.1, -0.05) is 47.6 Å². The van der Waals surface area contributed by atoms with Gasteiger partial charge in [-0.3, -0.25) is 9.59 Å². The molecule has 0 spiro atoms. The van der Waals surface area contributed by atoms with Gasteiger partial charge in [0.25, 0.3) is 5.91 Å². The van der Waals surface area contributed by atoms with E-state index in [-0.39, 0.29) is 18.1 Å². The van der Waals surface area contributed by atoms with Crippen LogP contribution in [-0.2, 0) is 20.8 Å². The highest BCUT2D eigenvalue weighted by Crippen LogP contribution is 2.18. The first kappa shape index (κ1) is 18.6. The van der Waals surface area contributed by atoms with Gasteiger partial charge in [-0.05, 0) is 17.7 Å². The van der Waals surface area contributed by atoms with Gasteiger partial charge in [-0.15, -0.1) is 0 Å². The molecule has 6 nitrogen and oxygen atoms in total. The van der Waals surface area contributed by atoms with Crippen molar-refractivity contribution in [1.29, 1.82) is 0 Å². The number of carbonyl (C=O) groups is 2. The van der Waals surface area contributed by atoms with Crippen LogP contribution in [0.2, 0.25) is 0 Å². The summed E-state index contributed by atoms with van der Waals surface area (Å²) in [5.74, 6) is -1.11. The van der Waals surface area contributed by atoms with Gasteiger partial charge in [-0.2, -0.15) is 0 Å². The summed E-state index contributed by atoms with van der Waals surface area (Å²) in [5.41, 5.74) is 1.99. The Morgan fingerprint density at radius 3 is 2.70 bits per heavy atom. The Labute approximate surface area is 156 Å². The summed E-state index contributed by atoms with van der Waals surface area (Å²) in [7, 11) is 1.52. The summed E-state index contributed by atoms with van der Waals surface area (Å²) < 4.78 is 13.4. The van der Waals surface area contributed by atoms with Crippen molar-refractivity contribution in [1.82, 2.24) is 10.6 Å². The minimum Gasteiger partial charge on any atom is -0.382 e. The van der Waals surface area contributed by atoms with E-state index in [1.807, 2.05) is 30.3 Å². The van der Waals surface area contributed by atoms with Crippen LogP contribution in [0.1, 0.15) is 17.5 Å². The lowest BCUT2D eigenvalue weighted by Gasteiger charge is -2.19. The van der Waals surface area contributed by atoms with Crippen LogP contribution in [0.25, 0.3) is 0 Å². The van der Waals surface area contributed by atoms with E-state index in [0.717, 1.165) is 5.56 Å². The Bertz CT molecular complexity index is 855. The van der Waals surface area contributed by atoms with Crippen LogP contribution in [0.5, 0.6) is 0 Å². The number of amides is 2. The fourth-order valence-corrected chi connectivity index (χ4v) is 2.85. The summed E-state index contributed by atoms with van der Waals surface area (Å²) in [6.45, 7) is 0. The van der Waals surface area contributed by atoms with Gasteiger partial charge in [0.05, 0.1) is 5.71 Å². The molecule has 2 atom stereocenters. The molecule has 0 fully saturated rings. The van der Waals surface area contributed by atoms with Crippen LogP contribution in [-0.4, -0.2) is 36.7 Å². The monoisotopic (exact) mass is 369 g/mol. The van der Waals surface area contributed by atoms with Crippen LogP contribution < -0.4 is 10.6 Å². The molecule has 0 bridgehead atoms. The maximum atomic E-state index is 13.4. The number of likely N-dealkylation sites (N-methyl/N-ethyl adjacent to an activating group) is 1. The Morgan fingerprint density at radius 1 is 1.22 bits per heavy atom. The van der Waals surface area contributed by atoms with Gasteiger partial charge in [0.1, 0.15) is 11.9 Å². The SMILES string of the molecule is CNC(=O)C(Cc1ccccc1)NC(=O)C1CC(c2cccc(F)c2)=NO1. The van der Waals surface area contributed by atoms with Crippen LogP contribution in [0, 0.1) is 5.82 Å². The fourth-order valence-electron chi connectivity index (χ4n) is 2.85. The number of hydrogen-bond acceptors (Lipinski definition) is 4. The van der Waals surface area contributed by atoms with Crippen molar-refractivity contribution in [3.63, 3.8) is 0 Å². The lowest BCUT2D eigenvalue weighted by molar-refractivity contribution is -0.135. The molecule has 2 aromatic carbocycles. The molecule has 1 heterocycles. The van der Waals surface area contributed by atoms with Crippen molar-refractivity contribution >= 4 is 17.5 Å². The molecule has 0 saturated heterocycles. The summed E-state index contributed by atoms with van der Waals surface area (Å²) in [4.78, 5) is 29.9. The average Bonchev–Trinajstić information content (AvgIpc) is 3.18. The first-order valence-electron chi connectivity index (χ1n) is 8.61. The molecule has 0 aliphatic carbocycles. The smallest absolute Gasteiger partial charge is 0.265 e. The maximum absolute atomic E-state index is 13.4. The highest BCUT2D eigenvalue weighted by atomic mass is 19.1. The molecular formula is C20H20FN3O3. The van der Waals surface area contributed by atoms with Crippen LogP contribution in [0.3, 0.4) is 0 Å². The number of rotatable bonds is 6. The van der Waals surface area contributed by atoms with E-state index in [1.165, 1.54) is 19.2 Å². The molecule has 2 amide bonds. The number of benzene rings is 2. The Balaban J connectivity index is 1.63. The summed E-state index contributed by atoms with van der Waals surface area (Å²) in [6, 6.07) is 14.6. The van der Waals surface area contributed by atoms with Crippen molar-refractivity contribution in [2.75, 3.05) is 7.05 Å². The van der Waals surface area contributed by atoms with Crippen molar-refractivity contribution in [2.45, 2.75) is 25.0 Å². The molecular weight excluding hydrogens is 349 g/mol. The van der Waals surface area contributed by atoms with Gasteiger partial charge in [-0.25, -0.2) is 4.39 Å². The third-order valence-corrected chi connectivity index (χ3v) is 4.28. The Kier molecular flexibility index (Phi) is 5.80. The van der Waals surface area contributed by atoms with Crippen LogP contribution >= 0.6 is 0 Å². The fraction of sp³-hybridized carbons (Fsp3) is 0.250. The molecule has 0 saturated carbocycles. The van der Waals surface area contributed by atoms with E-state index < -0.39 is 18.1 Å². The minimum absolute atomic E-state index is 0.209. The van der Waals surface area contributed by atoms with Gasteiger partial charge in [0.2, 0.25) is 12.0 Å². The third-order valence-electron chi connectivity index (χ3n) is 4.28. The molecule has 0 aromatic heterocycles. The number of carbonyl (C=O) groups excluding carboxylic acids is 2. The zero-order valence-electron chi connectivity index (χ0n) is 14.8. The second-order valence-electron chi connectivity index (χ2n) is 6.21. The van der Waals surface area contributed by atoms with Gasteiger partial charge in [0.15, 0.2) is 0 Å². The van der Waals surface area contributed by atoms with E-state index in [0.29, 0.717) is 17.7 Å². The van der Waals surface area contributed by atoms with Gasteiger partial charge >= 0.3 is 0 Å². The summed E-state index contributed by atoms with van der Waals surface area (Å²) >= 11 is 0. The van der Waals surface area contributed by atoms with Crippen molar-refractivity contribution in [3.05, 3.63) is 71.5 Å². The number of oxime groups is 1. The predicted molar refractivity (Wildman–Crippen MR) is 98.6 cm³/mol. The molecule has 2 unspecified atom stereocenters. The highest BCUT2D eigenvalue weighted by molar-refractivity contribution is 6.04. The maximum Gasteiger partial charge on any atom is 0.265 e. The van der Waals surface area contributed by atoms with Crippen LogP contribution in [0.4, 0.5) is 4.39 Å². The lowest BCUT2D eigenvalue weighted by Crippen LogP contribution is -2.50.